The van der Waals surface area contributed by atoms with Crippen LogP contribution in [0.2, 0.25) is 0 Å². The quantitative estimate of drug-likeness (QED) is 0.564. The van der Waals surface area contributed by atoms with Gasteiger partial charge in [-0.2, -0.15) is 0 Å². The first-order valence-electron chi connectivity index (χ1n) is 3.17. The van der Waals surface area contributed by atoms with Crippen molar-refractivity contribution in [2.75, 3.05) is 13.1 Å². The van der Waals surface area contributed by atoms with Gasteiger partial charge in [-0.1, -0.05) is 13.0 Å². The van der Waals surface area contributed by atoms with E-state index < -0.39 is 0 Å². The van der Waals surface area contributed by atoms with Crippen LogP contribution in [0.3, 0.4) is 0 Å². The second-order valence-corrected chi connectivity index (χ2v) is 1.75. The largest absolute Gasteiger partial charge is 0.310 e. The highest BCUT2D eigenvalue weighted by Gasteiger charge is 1.90. The summed E-state index contributed by atoms with van der Waals surface area (Å²) in [6.45, 7) is 5.12. The van der Waals surface area contributed by atoms with Gasteiger partial charge in [-0.05, 0) is 19.5 Å². The summed E-state index contributed by atoms with van der Waals surface area (Å²) in [6, 6.07) is 0. The third kappa shape index (κ3) is 5.24. The molecule has 0 radical (unpaired) electrons. The summed E-state index contributed by atoms with van der Waals surface area (Å²) in [7, 11) is 0. The van der Waals surface area contributed by atoms with E-state index in [-0.39, 0.29) is 5.78 Å². The lowest BCUT2D eigenvalue weighted by molar-refractivity contribution is -0.113. The summed E-state index contributed by atoms with van der Waals surface area (Å²) in [6.07, 6.45) is 3.32. The average Bonchev–Trinajstić information content (AvgIpc) is 1.85. The van der Waals surface area contributed by atoms with Crippen molar-refractivity contribution in [2.45, 2.75) is 13.8 Å². The van der Waals surface area contributed by atoms with E-state index in [4.69, 9.17) is 0 Å². The minimum atomic E-state index is 0.138. The van der Waals surface area contributed by atoms with Crippen molar-refractivity contribution in [3.63, 3.8) is 0 Å². The maximum absolute atomic E-state index is 10.7. The number of carbonyl (C=O) groups is 1. The summed E-state index contributed by atoms with van der Waals surface area (Å²) >= 11 is 0. The van der Waals surface area contributed by atoms with Crippen LogP contribution in [0.5, 0.6) is 0 Å². The molecule has 2 nitrogen and oxygen atoms in total. The number of likely N-dealkylation sites (N-methyl/N-ethyl adjacent to an activating group) is 1. The van der Waals surface area contributed by atoms with Crippen LogP contribution in [0.25, 0.3) is 0 Å². The minimum Gasteiger partial charge on any atom is -0.310 e. The molecule has 0 unspecified atom stereocenters. The Morgan fingerprint density at radius 3 is 2.78 bits per heavy atom. The number of rotatable bonds is 4. The Balaban J connectivity index is 3.27. The van der Waals surface area contributed by atoms with Gasteiger partial charge in [0.25, 0.3) is 0 Å². The molecular formula is C7H13NO. The lowest BCUT2D eigenvalue weighted by Crippen LogP contribution is -2.20. The SMILES string of the molecule is C/C=C/C(=O)CNCC. The van der Waals surface area contributed by atoms with Crippen molar-refractivity contribution < 1.29 is 4.79 Å². The van der Waals surface area contributed by atoms with Crippen molar-refractivity contribution in [1.29, 1.82) is 0 Å². The molecular weight excluding hydrogens is 114 g/mol. The monoisotopic (exact) mass is 127 g/mol. The fraction of sp³-hybridized carbons (Fsp3) is 0.571. The van der Waals surface area contributed by atoms with E-state index in [9.17, 15) is 4.79 Å². The van der Waals surface area contributed by atoms with Crippen LogP contribution < -0.4 is 5.32 Å². The van der Waals surface area contributed by atoms with Gasteiger partial charge in [-0.25, -0.2) is 0 Å². The van der Waals surface area contributed by atoms with Gasteiger partial charge >= 0.3 is 0 Å². The molecule has 0 aliphatic carbocycles. The topological polar surface area (TPSA) is 29.1 Å². The standard InChI is InChI=1S/C7H13NO/c1-3-5-7(9)6-8-4-2/h3,5,8H,4,6H2,1-2H3/b5-3+. The fourth-order valence-electron chi connectivity index (χ4n) is 0.493. The Labute approximate surface area is 56.0 Å². The number of ketones is 1. The Morgan fingerprint density at radius 2 is 2.33 bits per heavy atom. The molecule has 0 aliphatic rings. The first-order valence-corrected chi connectivity index (χ1v) is 3.17. The van der Waals surface area contributed by atoms with E-state index in [1.165, 1.54) is 0 Å². The maximum atomic E-state index is 10.7. The van der Waals surface area contributed by atoms with Crippen LogP contribution in [-0.2, 0) is 4.79 Å². The molecule has 0 rings (SSSR count). The zero-order valence-electron chi connectivity index (χ0n) is 5.98. The Hall–Kier alpha value is -0.630. The number of allylic oxidation sites excluding steroid dienone is 1. The van der Waals surface area contributed by atoms with Crippen molar-refractivity contribution in [3.05, 3.63) is 12.2 Å². The smallest absolute Gasteiger partial charge is 0.169 e. The molecule has 0 spiro atoms. The molecule has 0 aromatic heterocycles. The third-order valence-electron chi connectivity index (χ3n) is 0.902. The Kier molecular flexibility index (Phi) is 5.12. The maximum Gasteiger partial charge on any atom is 0.169 e. The first-order chi connectivity index (χ1) is 4.31. The fourth-order valence-corrected chi connectivity index (χ4v) is 0.493. The van der Waals surface area contributed by atoms with Crippen LogP contribution in [-0.4, -0.2) is 18.9 Å². The van der Waals surface area contributed by atoms with E-state index in [0.29, 0.717) is 6.54 Å². The molecule has 0 aliphatic heterocycles. The predicted molar refractivity (Wildman–Crippen MR) is 38.4 cm³/mol. The Bertz CT molecular complexity index is 107. The van der Waals surface area contributed by atoms with Crippen molar-refractivity contribution in [2.24, 2.45) is 0 Å². The molecule has 0 saturated carbocycles. The van der Waals surface area contributed by atoms with Gasteiger partial charge in [0.15, 0.2) is 5.78 Å². The molecule has 0 atom stereocenters. The number of carbonyl (C=O) groups excluding carboxylic acids is 1. The normalized spacial score (nSPS) is 10.4. The zero-order chi connectivity index (χ0) is 7.11. The highest BCUT2D eigenvalue weighted by Crippen LogP contribution is 1.72. The highest BCUT2D eigenvalue weighted by molar-refractivity contribution is 5.91. The molecule has 2 heteroatoms. The van der Waals surface area contributed by atoms with E-state index >= 15 is 0 Å². The van der Waals surface area contributed by atoms with Crippen LogP contribution in [0.4, 0.5) is 0 Å². The molecule has 0 aromatic carbocycles. The minimum absolute atomic E-state index is 0.138. The van der Waals surface area contributed by atoms with Crippen LogP contribution in [0.15, 0.2) is 12.2 Å². The summed E-state index contributed by atoms with van der Waals surface area (Å²) < 4.78 is 0. The number of hydrogen-bond acceptors (Lipinski definition) is 2. The van der Waals surface area contributed by atoms with Gasteiger partial charge in [0.05, 0.1) is 6.54 Å². The lowest BCUT2D eigenvalue weighted by atomic mass is 10.3. The van der Waals surface area contributed by atoms with Gasteiger partial charge < -0.3 is 5.32 Å². The molecule has 0 bridgehead atoms. The van der Waals surface area contributed by atoms with Gasteiger partial charge in [0, 0.05) is 0 Å². The van der Waals surface area contributed by atoms with Gasteiger partial charge in [-0.3, -0.25) is 4.79 Å². The van der Waals surface area contributed by atoms with Gasteiger partial charge in [0.2, 0.25) is 0 Å². The first kappa shape index (κ1) is 8.37. The second kappa shape index (κ2) is 5.51. The Morgan fingerprint density at radius 1 is 1.67 bits per heavy atom. The van der Waals surface area contributed by atoms with E-state index in [0.717, 1.165) is 6.54 Å². The summed E-state index contributed by atoms with van der Waals surface area (Å²) in [5.41, 5.74) is 0. The van der Waals surface area contributed by atoms with Gasteiger partial charge in [0.1, 0.15) is 0 Å². The molecule has 0 amide bonds. The second-order valence-electron chi connectivity index (χ2n) is 1.75. The number of hydrogen-bond donors (Lipinski definition) is 1. The number of nitrogens with one attached hydrogen (secondary N) is 1. The zero-order valence-corrected chi connectivity index (χ0v) is 5.98. The van der Waals surface area contributed by atoms with Crippen LogP contribution >= 0.6 is 0 Å². The lowest BCUT2D eigenvalue weighted by Gasteiger charge is -1.93. The van der Waals surface area contributed by atoms with E-state index in [1.807, 2.05) is 13.8 Å². The summed E-state index contributed by atoms with van der Waals surface area (Å²) in [5, 5.41) is 2.93. The molecule has 0 aromatic rings. The molecule has 9 heavy (non-hydrogen) atoms. The third-order valence-corrected chi connectivity index (χ3v) is 0.902. The van der Waals surface area contributed by atoms with E-state index in [1.54, 1.807) is 12.2 Å². The summed E-state index contributed by atoms with van der Waals surface area (Å²) in [4.78, 5) is 10.7. The molecule has 0 heterocycles. The van der Waals surface area contributed by atoms with Crippen LogP contribution in [0, 0.1) is 0 Å². The summed E-state index contributed by atoms with van der Waals surface area (Å²) in [5.74, 6) is 0.138. The molecule has 0 saturated heterocycles. The molecule has 0 fully saturated rings. The average molecular weight is 127 g/mol. The molecule has 1 N–H and O–H groups in total. The van der Waals surface area contributed by atoms with Crippen molar-refractivity contribution in [3.8, 4) is 0 Å². The predicted octanol–water partition coefficient (Wildman–Crippen LogP) is 0.741. The van der Waals surface area contributed by atoms with Gasteiger partial charge in [-0.15, -0.1) is 0 Å². The van der Waals surface area contributed by atoms with Crippen molar-refractivity contribution >= 4 is 5.78 Å². The van der Waals surface area contributed by atoms with Crippen LogP contribution in [0.1, 0.15) is 13.8 Å². The van der Waals surface area contributed by atoms with E-state index in [2.05, 4.69) is 5.32 Å². The molecule has 52 valence electrons. The highest BCUT2D eigenvalue weighted by atomic mass is 16.1. The van der Waals surface area contributed by atoms with Crippen molar-refractivity contribution in [1.82, 2.24) is 5.32 Å².